The Morgan fingerprint density at radius 3 is 2.05 bits per heavy atom. The maximum Gasteiger partial charge on any atom is 0.322 e. The average molecular weight is 628 g/mol. The normalized spacial score (nSPS) is 16.1. The van der Waals surface area contributed by atoms with E-state index in [0.29, 0.717) is 19.4 Å². The van der Waals surface area contributed by atoms with Crippen LogP contribution in [0.5, 0.6) is 0 Å². The highest BCUT2D eigenvalue weighted by Gasteiger charge is 2.30. The van der Waals surface area contributed by atoms with E-state index in [1.54, 1.807) is 0 Å². The maximum absolute atomic E-state index is 13.1. The first-order valence-electron chi connectivity index (χ1n) is 14.4. The van der Waals surface area contributed by atoms with Crippen molar-refractivity contribution in [2.45, 2.75) is 83.0 Å². The van der Waals surface area contributed by atoms with Crippen molar-refractivity contribution >= 4 is 47.4 Å². The molecule has 0 aromatic rings. The zero-order chi connectivity index (χ0) is 33.2. The predicted octanol–water partition coefficient (Wildman–Crippen LogP) is -3.32. The number of hydrogen-bond acceptors (Lipinski definition) is 9. The Kier molecular flexibility index (Phi) is 16.8. The highest BCUT2D eigenvalue weighted by molar-refractivity contribution is 5.95. The maximum atomic E-state index is 13.1. The Morgan fingerprint density at radius 1 is 0.841 bits per heavy atom. The Balaban J connectivity index is 2.88. The SMILES string of the molecule is CC(C)C[C@H](NC(=O)[C@@H]1CCCN1)C(=O)NCC(=O)N[C@@H](CCC(=O)O)C(=O)N[C@@H](CCCNC(=N)N)C(=O)NCC(=O)O. The third kappa shape index (κ3) is 15.7. The number of nitrogens with one attached hydrogen (secondary N) is 8. The fourth-order valence-corrected chi connectivity index (χ4v) is 4.31. The van der Waals surface area contributed by atoms with Crippen LogP contribution in [-0.4, -0.2) is 108 Å². The Bertz CT molecular complexity index is 1050. The van der Waals surface area contributed by atoms with Crippen LogP contribution in [0, 0.1) is 11.3 Å². The molecule has 0 radical (unpaired) electrons. The number of aliphatic carboxylic acids is 2. The van der Waals surface area contributed by atoms with Gasteiger partial charge in [-0.3, -0.25) is 39.0 Å². The van der Waals surface area contributed by atoms with E-state index in [4.69, 9.17) is 21.4 Å². The molecule has 0 bridgehead atoms. The van der Waals surface area contributed by atoms with Crippen molar-refractivity contribution in [1.29, 1.82) is 5.41 Å². The van der Waals surface area contributed by atoms with E-state index in [9.17, 15) is 33.6 Å². The second-order valence-corrected chi connectivity index (χ2v) is 10.8. The van der Waals surface area contributed by atoms with Crippen molar-refractivity contribution in [1.82, 2.24) is 37.2 Å². The molecule has 0 unspecified atom stereocenters. The van der Waals surface area contributed by atoms with Crippen LogP contribution in [0.1, 0.15) is 58.8 Å². The van der Waals surface area contributed by atoms with Crippen LogP contribution in [0.3, 0.4) is 0 Å². The molecule has 1 saturated heterocycles. The van der Waals surface area contributed by atoms with E-state index in [1.807, 2.05) is 13.8 Å². The van der Waals surface area contributed by atoms with Gasteiger partial charge in [-0.1, -0.05) is 13.8 Å². The lowest BCUT2D eigenvalue weighted by molar-refractivity contribution is -0.138. The highest BCUT2D eigenvalue weighted by atomic mass is 16.4. The number of rotatable bonds is 20. The minimum Gasteiger partial charge on any atom is -0.481 e. The molecule has 18 heteroatoms. The van der Waals surface area contributed by atoms with Gasteiger partial charge in [0, 0.05) is 13.0 Å². The molecule has 0 saturated carbocycles. The van der Waals surface area contributed by atoms with Gasteiger partial charge in [0.05, 0.1) is 12.6 Å². The molecule has 0 aromatic carbocycles. The van der Waals surface area contributed by atoms with Crippen molar-refractivity contribution in [3.8, 4) is 0 Å². The number of guanidine groups is 1. The number of amides is 5. The van der Waals surface area contributed by atoms with Gasteiger partial charge in [0.1, 0.15) is 24.7 Å². The second kappa shape index (κ2) is 19.7. The van der Waals surface area contributed by atoms with Crippen LogP contribution in [0.4, 0.5) is 0 Å². The van der Waals surface area contributed by atoms with E-state index < -0.39 is 79.2 Å². The van der Waals surface area contributed by atoms with E-state index >= 15 is 0 Å². The summed E-state index contributed by atoms with van der Waals surface area (Å²) in [5.41, 5.74) is 5.22. The van der Waals surface area contributed by atoms with E-state index in [1.165, 1.54) is 0 Å². The third-order valence-electron chi connectivity index (χ3n) is 6.47. The van der Waals surface area contributed by atoms with Crippen molar-refractivity contribution in [2.75, 3.05) is 26.2 Å². The first-order valence-corrected chi connectivity index (χ1v) is 14.4. The number of carbonyl (C=O) groups excluding carboxylic acids is 5. The number of carbonyl (C=O) groups is 7. The monoisotopic (exact) mass is 627 g/mol. The van der Waals surface area contributed by atoms with Crippen molar-refractivity contribution < 1.29 is 43.8 Å². The molecular weight excluding hydrogens is 582 g/mol. The van der Waals surface area contributed by atoms with E-state index in [2.05, 4.69) is 37.2 Å². The van der Waals surface area contributed by atoms with Gasteiger partial charge >= 0.3 is 11.9 Å². The lowest BCUT2D eigenvalue weighted by Crippen LogP contribution is -2.56. The Labute approximate surface area is 254 Å². The Hall–Kier alpha value is -4.48. The summed E-state index contributed by atoms with van der Waals surface area (Å²) in [6, 6.07) is -3.99. The summed E-state index contributed by atoms with van der Waals surface area (Å²) in [5.74, 6) is -6.33. The van der Waals surface area contributed by atoms with Crippen LogP contribution in [0.15, 0.2) is 0 Å². The predicted molar refractivity (Wildman–Crippen MR) is 156 cm³/mol. The van der Waals surface area contributed by atoms with Gasteiger partial charge in [0.2, 0.25) is 29.5 Å². The molecule has 0 aliphatic carbocycles. The number of carboxylic acids is 2. The topological polar surface area (TPSA) is 294 Å². The van der Waals surface area contributed by atoms with Gasteiger partial charge in [0.25, 0.3) is 0 Å². The largest absolute Gasteiger partial charge is 0.481 e. The first-order chi connectivity index (χ1) is 20.7. The lowest BCUT2D eigenvalue weighted by atomic mass is 10.0. The lowest BCUT2D eigenvalue weighted by Gasteiger charge is -2.24. The number of carboxylic acid groups (broad SMARTS) is 2. The molecule has 4 atom stereocenters. The summed E-state index contributed by atoms with van der Waals surface area (Å²) in [6.07, 6.45) is 1.14. The number of hydrogen-bond donors (Lipinski definition) is 11. The molecule has 0 aromatic heterocycles. The summed E-state index contributed by atoms with van der Waals surface area (Å²) in [4.78, 5) is 85.8. The molecule has 44 heavy (non-hydrogen) atoms. The number of nitrogens with two attached hydrogens (primary N) is 1. The minimum atomic E-state index is -1.42. The van der Waals surface area contributed by atoms with Crippen molar-refractivity contribution in [3.63, 3.8) is 0 Å². The molecular formula is C26H45N9O9. The van der Waals surface area contributed by atoms with Gasteiger partial charge in [-0.2, -0.15) is 0 Å². The highest BCUT2D eigenvalue weighted by Crippen LogP contribution is 2.09. The van der Waals surface area contributed by atoms with Gasteiger partial charge in [-0.05, 0) is 51.0 Å². The Morgan fingerprint density at radius 2 is 1.48 bits per heavy atom. The molecule has 1 fully saturated rings. The van der Waals surface area contributed by atoms with Gasteiger partial charge in [0.15, 0.2) is 5.96 Å². The summed E-state index contributed by atoms with van der Waals surface area (Å²) in [7, 11) is 0. The molecule has 1 heterocycles. The van der Waals surface area contributed by atoms with Crippen molar-refractivity contribution in [3.05, 3.63) is 0 Å². The van der Waals surface area contributed by atoms with Gasteiger partial charge in [-0.15, -0.1) is 0 Å². The van der Waals surface area contributed by atoms with Crippen LogP contribution in [0.25, 0.3) is 0 Å². The van der Waals surface area contributed by atoms with E-state index in [0.717, 1.165) is 6.42 Å². The van der Waals surface area contributed by atoms with E-state index in [-0.39, 0.29) is 43.6 Å². The first kappa shape index (κ1) is 37.5. The molecule has 0 spiro atoms. The molecule has 5 amide bonds. The fraction of sp³-hybridized carbons (Fsp3) is 0.692. The van der Waals surface area contributed by atoms with Crippen LogP contribution in [-0.2, 0) is 33.6 Å². The summed E-state index contributed by atoms with van der Waals surface area (Å²) >= 11 is 0. The van der Waals surface area contributed by atoms with Crippen LogP contribution >= 0.6 is 0 Å². The third-order valence-corrected chi connectivity index (χ3v) is 6.47. The zero-order valence-corrected chi connectivity index (χ0v) is 25.0. The fourth-order valence-electron chi connectivity index (χ4n) is 4.31. The van der Waals surface area contributed by atoms with Crippen molar-refractivity contribution in [2.24, 2.45) is 11.7 Å². The standard InChI is InChI=1S/C26H45N9O9/c1-14(2)11-18(35-24(43)15-5-3-9-29-15)23(42)31-12-19(36)33-17(7-8-20(37)38)25(44)34-16(6-4-10-30-26(27)28)22(41)32-13-21(39)40/h14-18,29H,3-13H2,1-2H3,(H,31,42)(H,32,41)(H,33,36)(H,34,44)(H,35,43)(H,37,38)(H,39,40)(H4,27,28,30)/t15-,16-,17-,18-/m0/s1. The summed E-state index contributed by atoms with van der Waals surface area (Å²) < 4.78 is 0. The molecule has 1 rings (SSSR count). The van der Waals surface area contributed by atoms with Gasteiger partial charge in [-0.25, -0.2) is 0 Å². The summed E-state index contributed by atoms with van der Waals surface area (Å²) in [5, 5.41) is 42.8. The minimum absolute atomic E-state index is 0.00748. The average Bonchev–Trinajstić information content (AvgIpc) is 3.48. The zero-order valence-electron chi connectivity index (χ0n) is 25.0. The molecule has 248 valence electrons. The van der Waals surface area contributed by atoms with Crippen LogP contribution in [0.2, 0.25) is 0 Å². The van der Waals surface area contributed by atoms with Gasteiger partial charge < -0.3 is 53.2 Å². The molecule has 1 aliphatic rings. The smallest absolute Gasteiger partial charge is 0.322 e. The second-order valence-electron chi connectivity index (χ2n) is 10.8. The molecule has 1 aliphatic heterocycles. The molecule has 12 N–H and O–H groups in total. The summed E-state index contributed by atoms with van der Waals surface area (Å²) in [6.45, 7) is 3.30. The molecule has 18 nitrogen and oxygen atoms in total. The quantitative estimate of drug-likeness (QED) is 0.0359. The van der Waals surface area contributed by atoms with Crippen LogP contribution < -0.4 is 43.0 Å².